The van der Waals surface area contributed by atoms with Crippen LogP contribution in [0.25, 0.3) is 0 Å². The minimum absolute atomic E-state index is 0. The number of carbonyl (C=O) groups is 1. The third kappa shape index (κ3) is 8.76. The molecule has 3 unspecified atom stereocenters. The first-order chi connectivity index (χ1) is 11.1. The molecule has 141 valence electrons. The number of hydrogen-bond donors (Lipinski definition) is 0. The quantitative estimate of drug-likeness (QED) is 0.652. The van der Waals surface area contributed by atoms with E-state index in [-0.39, 0.29) is 32.7 Å². The van der Waals surface area contributed by atoms with Crippen LogP contribution in [0.15, 0.2) is 0 Å². The molecule has 0 N–H and O–H groups in total. The van der Waals surface area contributed by atoms with Crippen LogP contribution in [-0.2, 0) is 37.5 Å². The fourth-order valence-corrected chi connectivity index (χ4v) is 3.49. The molecule has 0 aromatic carbocycles. The van der Waals surface area contributed by atoms with Gasteiger partial charge < -0.3 is 4.90 Å². The van der Waals surface area contributed by atoms with Gasteiger partial charge in [0, 0.05) is 52.3 Å². The maximum absolute atomic E-state index is 12.3. The zero-order valence-electron chi connectivity index (χ0n) is 17.5. The van der Waals surface area contributed by atoms with Crippen molar-refractivity contribution in [1.82, 2.24) is 9.80 Å². The Morgan fingerprint density at radius 1 is 1.04 bits per heavy atom. The topological polar surface area (TPSA) is 23.6 Å². The molecule has 3 atom stereocenters. The molecule has 2 aliphatic heterocycles. The first-order valence-corrected chi connectivity index (χ1v) is 10.1. The van der Waals surface area contributed by atoms with Crippen LogP contribution in [0.5, 0.6) is 0 Å². The summed E-state index contributed by atoms with van der Waals surface area (Å²) in [6.07, 6.45) is 4.97. The molecule has 2 rings (SSSR count). The summed E-state index contributed by atoms with van der Waals surface area (Å²) in [4.78, 5) is 16.8. The first-order valence-electron chi connectivity index (χ1n) is 10.1. The standard InChI is InChI=1S/C16H30N2O.2C2H6.Y/c1-4-13(3)15-7-9-18(11-15)16(19)12-17-8-6-14(5-2)10-17;2*1-2;/h13-15H,4-12H2,1-3H3;2*1-2H3;. The van der Waals surface area contributed by atoms with Gasteiger partial charge in [-0.1, -0.05) is 61.3 Å². The Morgan fingerprint density at radius 2 is 1.67 bits per heavy atom. The maximum atomic E-state index is 12.3. The molecule has 4 heteroatoms. The fraction of sp³-hybridized carbons (Fsp3) is 0.950. The summed E-state index contributed by atoms with van der Waals surface area (Å²) in [5.41, 5.74) is 0. The van der Waals surface area contributed by atoms with Gasteiger partial charge >= 0.3 is 0 Å². The number of hydrogen-bond acceptors (Lipinski definition) is 2. The van der Waals surface area contributed by atoms with Crippen LogP contribution in [0.3, 0.4) is 0 Å². The largest absolute Gasteiger partial charge is 0.341 e. The van der Waals surface area contributed by atoms with E-state index in [1.54, 1.807) is 0 Å². The van der Waals surface area contributed by atoms with E-state index in [0.717, 1.165) is 43.9 Å². The Bertz CT molecular complexity index is 312. The summed E-state index contributed by atoms with van der Waals surface area (Å²) in [6.45, 7) is 19.7. The van der Waals surface area contributed by atoms with Crippen LogP contribution < -0.4 is 0 Å². The van der Waals surface area contributed by atoms with Gasteiger partial charge in [-0.2, -0.15) is 0 Å². The molecule has 0 spiro atoms. The van der Waals surface area contributed by atoms with Crippen LogP contribution in [0.4, 0.5) is 0 Å². The van der Waals surface area contributed by atoms with Crippen molar-refractivity contribution in [3.8, 4) is 0 Å². The minimum Gasteiger partial charge on any atom is -0.341 e. The second-order valence-electron chi connectivity index (χ2n) is 6.57. The van der Waals surface area contributed by atoms with Gasteiger partial charge in [0.1, 0.15) is 0 Å². The SMILES string of the molecule is CC.CC.CCC1CCN(CC(=O)N2CCC(C(C)CC)C2)C1.[Y]. The van der Waals surface area contributed by atoms with Gasteiger partial charge in [-0.15, -0.1) is 0 Å². The van der Waals surface area contributed by atoms with E-state index in [1.165, 1.54) is 25.7 Å². The molecule has 0 aromatic rings. The molecule has 24 heavy (non-hydrogen) atoms. The summed E-state index contributed by atoms with van der Waals surface area (Å²) >= 11 is 0. The van der Waals surface area contributed by atoms with Crippen molar-refractivity contribution >= 4 is 5.91 Å². The van der Waals surface area contributed by atoms with E-state index in [1.807, 2.05) is 27.7 Å². The Balaban J connectivity index is 0. The molecule has 2 saturated heterocycles. The molecule has 1 radical (unpaired) electrons. The van der Waals surface area contributed by atoms with Crippen LogP contribution >= 0.6 is 0 Å². The zero-order chi connectivity index (χ0) is 17.8. The Morgan fingerprint density at radius 3 is 2.17 bits per heavy atom. The van der Waals surface area contributed by atoms with E-state index in [0.29, 0.717) is 12.5 Å². The van der Waals surface area contributed by atoms with Crippen LogP contribution in [0, 0.1) is 17.8 Å². The van der Waals surface area contributed by atoms with Gasteiger partial charge in [-0.05, 0) is 37.1 Å². The third-order valence-electron chi connectivity index (χ3n) is 5.33. The second-order valence-corrected chi connectivity index (χ2v) is 6.57. The molecule has 2 heterocycles. The van der Waals surface area contributed by atoms with Crippen LogP contribution in [-0.4, -0.2) is 48.4 Å². The molecule has 0 saturated carbocycles. The summed E-state index contributed by atoms with van der Waals surface area (Å²) in [5.74, 6) is 2.67. The number of amides is 1. The van der Waals surface area contributed by atoms with Crippen molar-refractivity contribution in [3.05, 3.63) is 0 Å². The van der Waals surface area contributed by atoms with Crippen molar-refractivity contribution in [3.63, 3.8) is 0 Å². The minimum atomic E-state index is 0. The first kappa shape index (κ1) is 26.8. The van der Waals surface area contributed by atoms with Crippen molar-refractivity contribution in [2.45, 2.75) is 74.1 Å². The molecule has 3 nitrogen and oxygen atoms in total. The second kappa shape index (κ2) is 15.8. The summed E-state index contributed by atoms with van der Waals surface area (Å²) in [7, 11) is 0. The summed E-state index contributed by atoms with van der Waals surface area (Å²) < 4.78 is 0. The average molecular weight is 415 g/mol. The molecule has 0 aromatic heterocycles. The van der Waals surface area contributed by atoms with Crippen molar-refractivity contribution in [2.24, 2.45) is 17.8 Å². The molecule has 0 aliphatic carbocycles. The van der Waals surface area contributed by atoms with Crippen molar-refractivity contribution in [2.75, 3.05) is 32.7 Å². The Kier molecular flexibility index (Phi) is 17.6. The summed E-state index contributed by atoms with van der Waals surface area (Å²) in [6, 6.07) is 0. The van der Waals surface area contributed by atoms with E-state index in [9.17, 15) is 4.79 Å². The predicted molar refractivity (Wildman–Crippen MR) is 102 cm³/mol. The predicted octanol–water partition coefficient (Wildman–Crippen LogP) is 4.66. The molecule has 1 amide bonds. The van der Waals surface area contributed by atoms with Crippen molar-refractivity contribution < 1.29 is 37.5 Å². The van der Waals surface area contributed by atoms with Gasteiger partial charge in [0.2, 0.25) is 5.91 Å². The van der Waals surface area contributed by atoms with Crippen LogP contribution in [0.2, 0.25) is 0 Å². The number of carbonyl (C=O) groups excluding carboxylic acids is 1. The normalized spacial score (nSPS) is 24.2. The average Bonchev–Trinajstić information content (AvgIpc) is 3.27. The molecule has 0 bridgehead atoms. The molecular weight excluding hydrogens is 373 g/mol. The van der Waals surface area contributed by atoms with E-state index in [2.05, 4.69) is 30.6 Å². The maximum Gasteiger partial charge on any atom is 0.236 e. The number of nitrogens with zero attached hydrogens (tertiary/aromatic N) is 2. The van der Waals surface area contributed by atoms with Gasteiger partial charge in [0.15, 0.2) is 0 Å². The van der Waals surface area contributed by atoms with Gasteiger partial charge in [-0.3, -0.25) is 9.69 Å². The Hall–Kier alpha value is 0.534. The molecule has 2 fully saturated rings. The Labute approximate surface area is 177 Å². The van der Waals surface area contributed by atoms with Gasteiger partial charge in [0.25, 0.3) is 0 Å². The monoisotopic (exact) mass is 415 g/mol. The van der Waals surface area contributed by atoms with E-state index < -0.39 is 0 Å². The fourth-order valence-electron chi connectivity index (χ4n) is 3.49. The van der Waals surface area contributed by atoms with Crippen molar-refractivity contribution in [1.29, 1.82) is 0 Å². The van der Waals surface area contributed by atoms with E-state index in [4.69, 9.17) is 0 Å². The number of rotatable bonds is 5. The molecular formula is C20H42N2OY. The van der Waals surface area contributed by atoms with E-state index >= 15 is 0 Å². The van der Waals surface area contributed by atoms with Crippen LogP contribution in [0.1, 0.15) is 74.1 Å². The van der Waals surface area contributed by atoms with Gasteiger partial charge in [-0.25, -0.2) is 0 Å². The summed E-state index contributed by atoms with van der Waals surface area (Å²) in [5, 5.41) is 0. The van der Waals surface area contributed by atoms with Gasteiger partial charge in [0.05, 0.1) is 6.54 Å². The molecule has 2 aliphatic rings. The smallest absolute Gasteiger partial charge is 0.236 e. The zero-order valence-corrected chi connectivity index (χ0v) is 20.3. The number of likely N-dealkylation sites (tertiary alicyclic amines) is 2. The third-order valence-corrected chi connectivity index (χ3v) is 5.33.